The van der Waals surface area contributed by atoms with E-state index < -0.39 is 0 Å². The van der Waals surface area contributed by atoms with Crippen molar-refractivity contribution in [1.82, 2.24) is 0 Å². The molecular formula is C24H21NO4. The molecule has 0 saturated carbocycles. The van der Waals surface area contributed by atoms with Gasteiger partial charge in [0.05, 0.1) is 10.8 Å². The van der Waals surface area contributed by atoms with Crippen LogP contribution in [0.4, 0.5) is 5.69 Å². The monoisotopic (exact) mass is 387 g/mol. The molecule has 5 heteroatoms. The standard InChI is InChI=1S/C24H21NO4/c1-14-5-4-6-18(10-14)28-13-22(26)25-17-7-8-19-21(12-17)29-24-16(3)9-15(2)11-20(24)23(19)27/h4-12H,13H2,1-3H3,(H,25,26). The molecule has 0 aliphatic heterocycles. The number of hydrogen-bond donors (Lipinski definition) is 1. The number of ether oxygens (including phenoxy) is 1. The minimum absolute atomic E-state index is 0.0753. The largest absolute Gasteiger partial charge is 0.484 e. The van der Waals surface area contributed by atoms with Gasteiger partial charge in [0.1, 0.15) is 16.9 Å². The van der Waals surface area contributed by atoms with Crippen LogP contribution in [0.1, 0.15) is 16.7 Å². The number of carbonyl (C=O) groups excluding carboxylic acids is 1. The van der Waals surface area contributed by atoms with Crippen LogP contribution < -0.4 is 15.5 Å². The maximum absolute atomic E-state index is 12.8. The lowest BCUT2D eigenvalue weighted by atomic mass is 10.1. The van der Waals surface area contributed by atoms with Gasteiger partial charge < -0.3 is 14.5 Å². The highest BCUT2D eigenvalue weighted by Crippen LogP contribution is 2.25. The highest BCUT2D eigenvalue weighted by atomic mass is 16.5. The molecule has 3 aromatic carbocycles. The molecule has 0 bridgehead atoms. The summed E-state index contributed by atoms with van der Waals surface area (Å²) < 4.78 is 11.5. The number of rotatable bonds is 4. The Morgan fingerprint density at radius 2 is 1.79 bits per heavy atom. The van der Waals surface area contributed by atoms with E-state index in [9.17, 15) is 9.59 Å². The van der Waals surface area contributed by atoms with Crippen LogP contribution in [0.3, 0.4) is 0 Å². The molecule has 4 rings (SSSR count). The second-order valence-corrected chi connectivity index (χ2v) is 7.25. The smallest absolute Gasteiger partial charge is 0.262 e. The highest BCUT2D eigenvalue weighted by molar-refractivity contribution is 5.96. The van der Waals surface area contributed by atoms with Crippen molar-refractivity contribution < 1.29 is 13.9 Å². The van der Waals surface area contributed by atoms with Crippen molar-refractivity contribution >= 4 is 33.5 Å². The summed E-state index contributed by atoms with van der Waals surface area (Å²) in [7, 11) is 0. The maximum atomic E-state index is 12.8. The zero-order chi connectivity index (χ0) is 20.5. The summed E-state index contributed by atoms with van der Waals surface area (Å²) in [6, 6.07) is 16.4. The first kappa shape index (κ1) is 18.7. The molecule has 1 amide bonds. The van der Waals surface area contributed by atoms with Crippen LogP contribution >= 0.6 is 0 Å². The summed E-state index contributed by atoms with van der Waals surface area (Å²) in [5.41, 5.74) is 4.45. The predicted molar refractivity (Wildman–Crippen MR) is 115 cm³/mol. The molecule has 0 aliphatic carbocycles. The quantitative estimate of drug-likeness (QED) is 0.506. The lowest BCUT2D eigenvalue weighted by molar-refractivity contribution is -0.118. The summed E-state index contributed by atoms with van der Waals surface area (Å²) in [5, 5.41) is 3.83. The third kappa shape index (κ3) is 3.85. The summed E-state index contributed by atoms with van der Waals surface area (Å²) in [5.74, 6) is 0.350. The van der Waals surface area contributed by atoms with Gasteiger partial charge in [0.15, 0.2) is 6.61 Å². The summed E-state index contributed by atoms with van der Waals surface area (Å²) in [4.78, 5) is 25.1. The second kappa shape index (κ2) is 7.43. The van der Waals surface area contributed by atoms with Gasteiger partial charge in [0, 0.05) is 11.8 Å². The minimum Gasteiger partial charge on any atom is -0.484 e. The third-order valence-corrected chi connectivity index (χ3v) is 4.75. The van der Waals surface area contributed by atoms with Crippen molar-refractivity contribution in [3.8, 4) is 5.75 Å². The fourth-order valence-electron chi connectivity index (χ4n) is 3.44. The van der Waals surface area contributed by atoms with Crippen molar-refractivity contribution in [2.24, 2.45) is 0 Å². The van der Waals surface area contributed by atoms with Crippen molar-refractivity contribution in [3.05, 3.63) is 81.5 Å². The molecule has 0 aliphatic rings. The SMILES string of the molecule is Cc1cccc(OCC(=O)Nc2ccc3c(=O)c4cc(C)cc(C)c4oc3c2)c1. The summed E-state index contributed by atoms with van der Waals surface area (Å²) >= 11 is 0. The molecule has 0 unspecified atom stereocenters. The van der Waals surface area contributed by atoms with Gasteiger partial charge in [-0.05, 0) is 67.8 Å². The van der Waals surface area contributed by atoms with E-state index in [1.165, 1.54) is 0 Å². The van der Waals surface area contributed by atoms with Crippen LogP contribution in [0, 0.1) is 20.8 Å². The topological polar surface area (TPSA) is 68.5 Å². The molecule has 0 spiro atoms. The normalized spacial score (nSPS) is 11.0. The van der Waals surface area contributed by atoms with E-state index in [-0.39, 0.29) is 17.9 Å². The first-order chi connectivity index (χ1) is 13.9. The number of aryl methyl sites for hydroxylation is 3. The van der Waals surface area contributed by atoms with Crippen LogP contribution in [-0.2, 0) is 4.79 Å². The van der Waals surface area contributed by atoms with Crippen molar-refractivity contribution in [1.29, 1.82) is 0 Å². The van der Waals surface area contributed by atoms with E-state index in [1.807, 2.05) is 51.1 Å². The van der Waals surface area contributed by atoms with Gasteiger partial charge in [-0.15, -0.1) is 0 Å². The number of amides is 1. The van der Waals surface area contributed by atoms with Gasteiger partial charge in [0.2, 0.25) is 5.43 Å². The van der Waals surface area contributed by atoms with E-state index in [1.54, 1.807) is 24.3 Å². The number of benzene rings is 3. The molecule has 1 aromatic heterocycles. The Kier molecular flexibility index (Phi) is 4.80. The molecule has 0 atom stereocenters. The molecule has 0 fully saturated rings. The van der Waals surface area contributed by atoms with E-state index >= 15 is 0 Å². The van der Waals surface area contributed by atoms with E-state index in [4.69, 9.17) is 9.15 Å². The third-order valence-electron chi connectivity index (χ3n) is 4.75. The van der Waals surface area contributed by atoms with Crippen LogP contribution in [0.15, 0.2) is 63.8 Å². The fourth-order valence-corrected chi connectivity index (χ4v) is 3.44. The van der Waals surface area contributed by atoms with Crippen LogP contribution in [-0.4, -0.2) is 12.5 Å². The van der Waals surface area contributed by atoms with Crippen LogP contribution in [0.5, 0.6) is 5.75 Å². The van der Waals surface area contributed by atoms with E-state index in [0.717, 1.165) is 16.7 Å². The number of anilines is 1. The minimum atomic E-state index is -0.291. The molecule has 1 N–H and O–H groups in total. The van der Waals surface area contributed by atoms with Crippen LogP contribution in [0.25, 0.3) is 21.9 Å². The Bertz CT molecular complexity index is 1300. The lowest BCUT2D eigenvalue weighted by Gasteiger charge is -2.09. The Hall–Kier alpha value is -3.60. The van der Waals surface area contributed by atoms with Crippen LogP contribution in [0.2, 0.25) is 0 Å². The Labute approximate surface area is 167 Å². The van der Waals surface area contributed by atoms with Crippen molar-refractivity contribution in [2.75, 3.05) is 11.9 Å². The van der Waals surface area contributed by atoms with Crippen molar-refractivity contribution in [2.45, 2.75) is 20.8 Å². The first-order valence-corrected chi connectivity index (χ1v) is 9.38. The average Bonchev–Trinajstić information content (AvgIpc) is 2.67. The highest BCUT2D eigenvalue weighted by Gasteiger charge is 2.12. The van der Waals surface area contributed by atoms with Gasteiger partial charge >= 0.3 is 0 Å². The van der Waals surface area contributed by atoms with Gasteiger partial charge in [-0.25, -0.2) is 0 Å². The van der Waals surface area contributed by atoms with Gasteiger partial charge in [-0.2, -0.15) is 0 Å². The zero-order valence-corrected chi connectivity index (χ0v) is 16.5. The second-order valence-electron chi connectivity index (χ2n) is 7.25. The predicted octanol–water partition coefficient (Wildman–Crippen LogP) is 4.89. The van der Waals surface area contributed by atoms with Gasteiger partial charge in [-0.3, -0.25) is 9.59 Å². The Balaban J connectivity index is 1.59. The average molecular weight is 387 g/mol. The molecule has 29 heavy (non-hydrogen) atoms. The number of nitrogens with one attached hydrogen (secondary N) is 1. The first-order valence-electron chi connectivity index (χ1n) is 9.38. The van der Waals surface area contributed by atoms with Gasteiger partial charge in [0.25, 0.3) is 5.91 Å². The lowest BCUT2D eigenvalue weighted by Crippen LogP contribution is -2.20. The Morgan fingerprint density at radius 1 is 0.966 bits per heavy atom. The summed E-state index contributed by atoms with van der Waals surface area (Å²) in [6.45, 7) is 5.72. The summed E-state index contributed by atoms with van der Waals surface area (Å²) in [6.07, 6.45) is 0. The van der Waals surface area contributed by atoms with E-state index in [0.29, 0.717) is 33.4 Å². The molecular weight excluding hydrogens is 366 g/mol. The molecule has 5 nitrogen and oxygen atoms in total. The van der Waals surface area contributed by atoms with E-state index in [2.05, 4.69) is 5.32 Å². The van der Waals surface area contributed by atoms with Gasteiger partial charge in [-0.1, -0.05) is 18.2 Å². The van der Waals surface area contributed by atoms with Crippen molar-refractivity contribution in [3.63, 3.8) is 0 Å². The molecule has 0 saturated heterocycles. The molecule has 1 heterocycles. The number of fused-ring (bicyclic) bond motifs is 2. The fraction of sp³-hybridized carbons (Fsp3) is 0.167. The zero-order valence-electron chi connectivity index (χ0n) is 16.5. The number of carbonyl (C=O) groups is 1. The molecule has 4 aromatic rings. The molecule has 0 radical (unpaired) electrons. The Morgan fingerprint density at radius 3 is 2.59 bits per heavy atom. The maximum Gasteiger partial charge on any atom is 0.262 e. The molecule has 146 valence electrons. The number of hydrogen-bond acceptors (Lipinski definition) is 4.